The maximum absolute atomic E-state index is 14.3. The van der Waals surface area contributed by atoms with E-state index in [1.54, 1.807) is 18.2 Å². The molecule has 4 atom stereocenters. The van der Waals surface area contributed by atoms with E-state index >= 15 is 0 Å². The fraction of sp³-hybridized carbons (Fsp3) is 0.222. The van der Waals surface area contributed by atoms with Crippen molar-refractivity contribution in [3.8, 4) is 0 Å². The molecule has 3 aromatic carbocycles. The van der Waals surface area contributed by atoms with E-state index in [2.05, 4.69) is 5.32 Å². The summed E-state index contributed by atoms with van der Waals surface area (Å²) in [5.41, 5.74) is 1.77. The Labute approximate surface area is 238 Å². The lowest BCUT2D eigenvalue weighted by atomic mass is 9.77. The Morgan fingerprint density at radius 1 is 0.921 bits per heavy atom. The predicted octanol–water partition coefficient (Wildman–Crippen LogP) is 6.71. The van der Waals surface area contributed by atoms with Crippen LogP contribution in [-0.4, -0.2) is 47.0 Å². The van der Waals surface area contributed by atoms with Gasteiger partial charge in [-0.15, -0.1) is 0 Å². The minimum absolute atomic E-state index is 0.00625. The second-order valence-electron chi connectivity index (χ2n) is 9.06. The summed E-state index contributed by atoms with van der Waals surface area (Å²) in [4.78, 5) is 41.0. The van der Waals surface area contributed by atoms with Crippen molar-refractivity contribution >= 4 is 69.9 Å². The molecule has 3 aromatic rings. The van der Waals surface area contributed by atoms with Crippen molar-refractivity contribution in [3.63, 3.8) is 0 Å². The number of anilines is 1. The van der Waals surface area contributed by atoms with Crippen LogP contribution < -0.4 is 5.32 Å². The van der Waals surface area contributed by atoms with Gasteiger partial charge in [-0.1, -0.05) is 76.7 Å². The molecule has 0 bridgehead atoms. The van der Waals surface area contributed by atoms with Gasteiger partial charge in [0, 0.05) is 11.6 Å². The number of hydrogen-bond donors (Lipinski definition) is 2. The molecule has 1 amide bonds. The molecule has 2 heterocycles. The molecule has 1 saturated heterocycles. The number of likely N-dealkylation sites (tertiary alicyclic amines) is 1. The topological polar surface area (TPSA) is 95.9 Å². The van der Waals surface area contributed by atoms with Gasteiger partial charge in [0.1, 0.15) is 6.04 Å². The summed E-state index contributed by atoms with van der Waals surface area (Å²) in [6.07, 6.45) is 0.228. The molecule has 0 saturated carbocycles. The number of esters is 1. The van der Waals surface area contributed by atoms with Crippen LogP contribution in [0, 0.1) is 0 Å². The van der Waals surface area contributed by atoms with Crippen molar-refractivity contribution in [2.45, 2.75) is 30.5 Å². The van der Waals surface area contributed by atoms with Crippen LogP contribution in [0.4, 0.5) is 5.69 Å². The van der Waals surface area contributed by atoms with Crippen LogP contribution in [0.5, 0.6) is 0 Å². The lowest BCUT2D eigenvalue weighted by molar-refractivity contribution is -0.148. The number of carbonyl (C=O) groups is 3. The minimum atomic E-state index is -1.37. The maximum atomic E-state index is 14.3. The molecule has 0 aromatic heterocycles. The molecule has 2 aliphatic rings. The monoisotopic (exact) mass is 592 g/mol. The zero-order valence-corrected chi connectivity index (χ0v) is 22.8. The van der Waals surface area contributed by atoms with Gasteiger partial charge in [0.05, 0.1) is 50.4 Å². The van der Waals surface area contributed by atoms with Crippen LogP contribution in [0.1, 0.15) is 50.2 Å². The number of halogens is 4. The van der Waals surface area contributed by atoms with Crippen molar-refractivity contribution in [2.75, 3.05) is 12.4 Å². The van der Waals surface area contributed by atoms with Crippen molar-refractivity contribution in [3.05, 3.63) is 96.9 Å². The van der Waals surface area contributed by atoms with Gasteiger partial charge in [0.15, 0.2) is 0 Å². The molecule has 38 heavy (non-hydrogen) atoms. The molecule has 5 rings (SSSR count). The lowest BCUT2D eigenvalue weighted by Crippen LogP contribution is -2.57. The van der Waals surface area contributed by atoms with Crippen molar-refractivity contribution in [1.82, 2.24) is 4.90 Å². The molecule has 11 heteroatoms. The summed E-state index contributed by atoms with van der Waals surface area (Å²) in [5, 5.41) is 13.8. The van der Waals surface area contributed by atoms with Gasteiger partial charge in [-0.25, -0.2) is 9.59 Å². The fourth-order valence-electron chi connectivity index (χ4n) is 5.46. The number of nitrogens with one attached hydrogen (secondary N) is 1. The Balaban J connectivity index is 1.75. The number of aromatic carboxylic acids is 1. The zero-order valence-electron chi connectivity index (χ0n) is 19.8. The van der Waals surface area contributed by atoms with E-state index in [0.29, 0.717) is 5.56 Å². The molecule has 0 spiro atoms. The van der Waals surface area contributed by atoms with Crippen LogP contribution in [0.25, 0.3) is 0 Å². The normalized spacial score (nSPS) is 21.8. The SMILES string of the molecule is COC(=O)[C@H]1CC2c3ccccc3NC2[C@@H](c2cccc(Cl)c2Cl)N1C(=O)c1cc(Cl)c(Cl)cc1C(=O)O. The van der Waals surface area contributed by atoms with Gasteiger partial charge in [-0.3, -0.25) is 4.79 Å². The van der Waals surface area contributed by atoms with E-state index in [1.807, 2.05) is 24.3 Å². The second-order valence-corrected chi connectivity index (χ2v) is 10.7. The fourth-order valence-corrected chi connectivity index (χ4v) is 6.21. The molecular weight excluding hydrogens is 574 g/mol. The third kappa shape index (κ3) is 4.37. The first kappa shape index (κ1) is 26.6. The van der Waals surface area contributed by atoms with Gasteiger partial charge in [0.2, 0.25) is 0 Å². The molecule has 2 aliphatic heterocycles. The Bertz CT molecular complexity index is 1480. The summed E-state index contributed by atoms with van der Waals surface area (Å²) in [6, 6.07) is 12.7. The van der Waals surface area contributed by atoms with E-state index in [-0.39, 0.29) is 43.6 Å². The van der Waals surface area contributed by atoms with Crippen LogP contribution in [0.2, 0.25) is 20.1 Å². The number of amides is 1. The summed E-state index contributed by atoms with van der Waals surface area (Å²) < 4.78 is 5.13. The molecular formula is C27H20Cl4N2O5. The summed E-state index contributed by atoms with van der Waals surface area (Å²) in [7, 11) is 1.24. The largest absolute Gasteiger partial charge is 0.478 e. The van der Waals surface area contributed by atoms with E-state index in [1.165, 1.54) is 18.1 Å². The first-order valence-electron chi connectivity index (χ1n) is 11.6. The first-order chi connectivity index (χ1) is 18.1. The number of ether oxygens (including phenoxy) is 1. The molecule has 196 valence electrons. The van der Waals surface area contributed by atoms with Crippen LogP contribution >= 0.6 is 46.4 Å². The number of para-hydroxylation sites is 1. The van der Waals surface area contributed by atoms with Gasteiger partial charge >= 0.3 is 11.9 Å². The van der Waals surface area contributed by atoms with Crippen LogP contribution in [0.15, 0.2) is 54.6 Å². The second kappa shape index (κ2) is 10.3. The smallest absolute Gasteiger partial charge is 0.336 e. The first-order valence-corrected chi connectivity index (χ1v) is 13.1. The minimum Gasteiger partial charge on any atom is -0.478 e. The Kier molecular flexibility index (Phi) is 7.22. The van der Waals surface area contributed by atoms with Crippen molar-refractivity contribution < 1.29 is 24.2 Å². The molecule has 1 fully saturated rings. The summed E-state index contributed by atoms with van der Waals surface area (Å²) in [6.45, 7) is 0. The van der Waals surface area contributed by atoms with E-state index < -0.39 is 36.0 Å². The predicted molar refractivity (Wildman–Crippen MR) is 146 cm³/mol. The Morgan fingerprint density at radius 2 is 1.58 bits per heavy atom. The number of carbonyl (C=O) groups excluding carboxylic acids is 2. The third-order valence-corrected chi connectivity index (χ3v) is 8.65. The molecule has 0 radical (unpaired) electrons. The number of methoxy groups -OCH3 is 1. The van der Waals surface area contributed by atoms with E-state index in [4.69, 9.17) is 51.1 Å². The Morgan fingerprint density at radius 3 is 2.26 bits per heavy atom. The van der Waals surface area contributed by atoms with Gasteiger partial charge in [0.25, 0.3) is 5.91 Å². The number of carboxylic acid groups (broad SMARTS) is 1. The highest BCUT2D eigenvalue weighted by molar-refractivity contribution is 6.43. The number of rotatable bonds is 4. The zero-order chi connectivity index (χ0) is 27.3. The average Bonchev–Trinajstić information content (AvgIpc) is 3.28. The number of nitrogens with zero attached hydrogens (tertiary/aromatic N) is 1. The lowest BCUT2D eigenvalue weighted by Gasteiger charge is -2.47. The molecule has 2 N–H and O–H groups in total. The number of fused-ring (bicyclic) bond motifs is 3. The van der Waals surface area contributed by atoms with Crippen molar-refractivity contribution in [2.24, 2.45) is 0 Å². The highest BCUT2D eigenvalue weighted by atomic mass is 35.5. The Hall–Kier alpha value is -2.97. The third-order valence-electron chi connectivity index (χ3n) is 7.10. The van der Waals surface area contributed by atoms with Crippen LogP contribution in [-0.2, 0) is 9.53 Å². The van der Waals surface area contributed by atoms with Gasteiger partial charge < -0.3 is 20.1 Å². The number of hydrogen-bond acceptors (Lipinski definition) is 5. The van der Waals surface area contributed by atoms with E-state index in [9.17, 15) is 19.5 Å². The number of benzene rings is 3. The highest BCUT2D eigenvalue weighted by Crippen LogP contribution is 2.52. The standard InChI is InChI=1S/C27H20Cl4N2O5/c1-38-27(37)21-11-14-12-5-2-3-8-20(12)32-23(14)24(13-6-4-7-17(28)22(13)31)33(21)25(34)15-9-18(29)19(30)10-16(15)26(35)36/h2-10,14,21,23-24,32H,11H2,1H3,(H,35,36)/t14?,21-,23?,24-/m1/s1. The highest BCUT2D eigenvalue weighted by Gasteiger charge is 2.53. The van der Waals surface area contributed by atoms with E-state index in [0.717, 1.165) is 17.3 Å². The molecule has 7 nitrogen and oxygen atoms in total. The van der Waals surface area contributed by atoms with Crippen LogP contribution in [0.3, 0.4) is 0 Å². The molecule has 2 unspecified atom stereocenters. The van der Waals surface area contributed by atoms with Gasteiger partial charge in [-0.2, -0.15) is 0 Å². The number of carboxylic acids is 1. The summed E-state index contributed by atoms with van der Waals surface area (Å²) in [5.74, 6) is -2.96. The summed E-state index contributed by atoms with van der Waals surface area (Å²) >= 11 is 25.4. The molecule has 0 aliphatic carbocycles. The van der Waals surface area contributed by atoms with Gasteiger partial charge in [-0.05, 0) is 41.8 Å². The quantitative estimate of drug-likeness (QED) is 0.327. The number of piperidine rings is 1. The average molecular weight is 594 g/mol. The van der Waals surface area contributed by atoms with Crippen molar-refractivity contribution in [1.29, 1.82) is 0 Å². The maximum Gasteiger partial charge on any atom is 0.336 e.